The van der Waals surface area contributed by atoms with E-state index in [1.165, 1.54) is 12.0 Å². The van der Waals surface area contributed by atoms with Gasteiger partial charge in [0.05, 0.1) is 11.7 Å². The third kappa shape index (κ3) is 3.14. The minimum atomic E-state index is 0.221. The fourth-order valence-electron chi connectivity index (χ4n) is 4.07. The van der Waals surface area contributed by atoms with Crippen LogP contribution in [0.3, 0.4) is 0 Å². The van der Waals surface area contributed by atoms with E-state index in [0.717, 1.165) is 48.7 Å². The highest BCUT2D eigenvalue weighted by Crippen LogP contribution is 2.37. The predicted molar refractivity (Wildman–Crippen MR) is 93.6 cm³/mol. The van der Waals surface area contributed by atoms with Crippen LogP contribution in [-0.4, -0.2) is 36.1 Å². The Morgan fingerprint density at radius 3 is 2.65 bits per heavy atom. The number of benzene rings is 1. The summed E-state index contributed by atoms with van der Waals surface area (Å²) in [5.74, 6) is 1.58. The van der Waals surface area contributed by atoms with Gasteiger partial charge in [-0.05, 0) is 61.2 Å². The molecule has 2 aliphatic rings. The maximum Gasteiger partial charge on any atom is 0.0776 e. The van der Waals surface area contributed by atoms with Crippen molar-refractivity contribution >= 4 is 11.6 Å². The number of aromatic nitrogens is 1. The van der Waals surface area contributed by atoms with Gasteiger partial charge in [-0.25, -0.2) is 0 Å². The summed E-state index contributed by atoms with van der Waals surface area (Å²) in [5, 5.41) is 4.33. The van der Waals surface area contributed by atoms with Gasteiger partial charge in [-0.2, -0.15) is 0 Å². The van der Waals surface area contributed by atoms with Crippen molar-refractivity contribution in [3.05, 3.63) is 64.9 Å². The molecule has 0 spiro atoms. The molecule has 0 saturated carbocycles. The van der Waals surface area contributed by atoms with Crippen molar-refractivity contribution in [2.45, 2.75) is 12.5 Å². The normalized spacial score (nSPS) is 26.0. The Morgan fingerprint density at radius 2 is 1.91 bits per heavy atom. The standard InChI is InChI=1S/C19H22ClN3/c20-17-6-4-14(5-7-17)19(18-3-1-2-9-22-18)23-12-15-8-10-21-11-16(15)13-23/h1-7,9,15-16,19,21H,8,10-13H2. The molecule has 3 nitrogen and oxygen atoms in total. The van der Waals surface area contributed by atoms with Gasteiger partial charge in [0.25, 0.3) is 0 Å². The van der Waals surface area contributed by atoms with E-state index in [-0.39, 0.29) is 6.04 Å². The number of nitrogens with one attached hydrogen (secondary N) is 1. The first kappa shape index (κ1) is 15.1. The van der Waals surface area contributed by atoms with Crippen LogP contribution in [0.25, 0.3) is 0 Å². The van der Waals surface area contributed by atoms with Gasteiger partial charge < -0.3 is 5.32 Å². The average Bonchev–Trinajstić information content (AvgIpc) is 3.01. The van der Waals surface area contributed by atoms with Crippen LogP contribution in [-0.2, 0) is 0 Å². The Balaban J connectivity index is 1.67. The predicted octanol–water partition coefficient (Wildman–Crippen LogP) is 3.37. The van der Waals surface area contributed by atoms with Gasteiger partial charge in [0.1, 0.15) is 0 Å². The van der Waals surface area contributed by atoms with E-state index in [1.54, 1.807) is 0 Å². The SMILES string of the molecule is Clc1ccc(C(c2ccccn2)N2CC3CCNCC3C2)cc1. The zero-order valence-electron chi connectivity index (χ0n) is 13.2. The lowest BCUT2D eigenvalue weighted by molar-refractivity contribution is 0.263. The second-order valence-electron chi connectivity index (χ2n) is 6.68. The second kappa shape index (κ2) is 6.60. The first-order valence-electron chi connectivity index (χ1n) is 8.42. The highest BCUT2D eigenvalue weighted by Gasteiger charge is 2.38. The molecule has 4 heteroatoms. The Hall–Kier alpha value is -1.42. The number of piperidine rings is 1. The highest BCUT2D eigenvalue weighted by atomic mass is 35.5. The van der Waals surface area contributed by atoms with Crippen molar-refractivity contribution in [2.24, 2.45) is 11.8 Å². The van der Waals surface area contributed by atoms with E-state index in [2.05, 4.69) is 39.5 Å². The molecule has 0 radical (unpaired) electrons. The third-order valence-corrected chi connectivity index (χ3v) is 5.47. The smallest absolute Gasteiger partial charge is 0.0776 e. The zero-order valence-corrected chi connectivity index (χ0v) is 13.9. The Kier molecular flexibility index (Phi) is 4.34. The summed E-state index contributed by atoms with van der Waals surface area (Å²) in [6.45, 7) is 4.61. The number of pyridine rings is 1. The van der Waals surface area contributed by atoms with E-state index in [9.17, 15) is 0 Å². The highest BCUT2D eigenvalue weighted by molar-refractivity contribution is 6.30. The number of hydrogen-bond acceptors (Lipinski definition) is 3. The number of halogens is 1. The van der Waals surface area contributed by atoms with Crippen LogP contribution >= 0.6 is 11.6 Å². The van der Waals surface area contributed by atoms with E-state index in [4.69, 9.17) is 11.6 Å². The number of hydrogen-bond donors (Lipinski definition) is 1. The number of rotatable bonds is 3. The molecule has 23 heavy (non-hydrogen) atoms. The summed E-state index contributed by atoms with van der Waals surface area (Å²) in [7, 11) is 0. The lowest BCUT2D eigenvalue weighted by Gasteiger charge is -2.28. The van der Waals surface area contributed by atoms with Crippen molar-refractivity contribution in [2.75, 3.05) is 26.2 Å². The molecule has 0 amide bonds. The van der Waals surface area contributed by atoms with Gasteiger partial charge >= 0.3 is 0 Å². The van der Waals surface area contributed by atoms with E-state index in [1.807, 2.05) is 24.4 Å². The Morgan fingerprint density at radius 1 is 1.09 bits per heavy atom. The van der Waals surface area contributed by atoms with Crippen LogP contribution < -0.4 is 5.32 Å². The van der Waals surface area contributed by atoms with E-state index in [0.29, 0.717) is 0 Å². The lowest BCUT2D eigenvalue weighted by atomic mass is 9.90. The molecule has 1 aromatic carbocycles. The average molecular weight is 328 g/mol. The fourth-order valence-corrected chi connectivity index (χ4v) is 4.20. The molecule has 0 aliphatic carbocycles. The van der Waals surface area contributed by atoms with Crippen molar-refractivity contribution < 1.29 is 0 Å². The fraction of sp³-hybridized carbons (Fsp3) is 0.421. The van der Waals surface area contributed by atoms with Crippen molar-refractivity contribution in [3.63, 3.8) is 0 Å². The molecule has 2 aliphatic heterocycles. The second-order valence-corrected chi connectivity index (χ2v) is 7.11. The summed E-state index contributed by atoms with van der Waals surface area (Å²) in [6.07, 6.45) is 3.18. The molecular weight excluding hydrogens is 306 g/mol. The topological polar surface area (TPSA) is 28.2 Å². The molecule has 1 N–H and O–H groups in total. The maximum absolute atomic E-state index is 6.08. The van der Waals surface area contributed by atoms with E-state index >= 15 is 0 Å². The van der Waals surface area contributed by atoms with Crippen LogP contribution in [0.4, 0.5) is 0 Å². The van der Waals surface area contributed by atoms with Crippen LogP contribution in [0.1, 0.15) is 23.7 Å². The minimum absolute atomic E-state index is 0.221. The first-order valence-corrected chi connectivity index (χ1v) is 8.80. The molecular formula is C19H22ClN3. The van der Waals surface area contributed by atoms with Crippen LogP contribution in [0.5, 0.6) is 0 Å². The van der Waals surface area contributed by atoms with Crippen molar-refractivity contribution in [1.29, 1.82) is 0 Å². The number of nitrogens with zero attached hydrogens (tertiary/aromatic N) is 2. The first-order chi connectivity index (χ1) is 11.3. The molecule has 4 rings (SSSR count). The number of likely N-dealkylation sites (tertiary alicyclic amines) is 1. The molecule has 0 bridgehead atoms. The number of fused-ring (bicyclic) bond motifs is 1. The van der Waals surface area contributed by atoms with Gasteiger partial charge in [-0.1, -0.05) is 29.8 Å². The zero-order chi connectivity index (χ0) is 15.6. The Labute approximate surface area is 142 Å². The van der Waals surface area contributed by atoms with Gasteiger partial charge in [0, 0.05) is 24.3 Å². The van der Waals surface area contributed by atoms with Crippen LogP contribution in [0.15, 0.2) is 48.7 Å². The Bertz CT molecular complexity index is 629. The van der Waals surface area contributed by atoms with Gasteiger partial charge in [0.2, 0.25) is 0 Å². The van der Waals surface area contributed by atoms with E-state index < -0.39 is 0 Å². The molecule has 2 saturated heterocycles. The summed E-state index contributed by atoms with van der Waals surface area (Å²) < 4.78 is 0. The maximum atomic E-state index is 6.08. The molecule has 2 fully saturated rings. The summed E-state index contributed by atoms with van der Waals surface area (Å²) in [6, 6.07) is 14.7. The lowest BCUT2D eigenvalue weighted by Crippen LogP contribution is -2.35. The monoisotopic (exact) mass is 327 g/mol. The third-order valence-electron chi connectivity index (χ3n) is 5.22. The van der Waals surface area contributed by atoms with Gasteiger partial charge in [0.15, 0.2) is 0 Å². The van der Waals surface area contributed by atoms with Crippen molar-refractivity contribution in [3.8, 4) is 0 Å². The molecule has 120 valence electrons. The largest absolute Gasteiger partial charge is 0.316 e. The van der Waals surface area contributed by atoms with Crippen LogP contribution in [0.2, 0.25) is 5.02 Å². The summed E-state index contributed by atoms with van der Waals surface area (Å²) >= 11 is 6.08. The molecule has 3 unspecified atom stereocenters. The molecule has 3 heterocycles. The summed E-state index contributed by atoms with van der Waals surface area (Å²) in [4.78, 5) is 7.25. The molecule has 1 aromatic heterocycles. The van der Waals surface area contributed by atoms with Crippen LogP contribution in [0, 0.1) is 11.8 Å². The summed E-state index contributed by atoms with van der Waals surface area (Å²) in [5.41, 5.74) is 2.40. The van der Waals surface area contributed by atoms with Crippen molar-refractivity contribution in [1.82, 2.24) is 15.2 Å². The molecule has 2 aromatic rings. The molecule has 3 atom stereocenters. The minimum Gasteiger partial charge on any atom is -0.316 e. The van der Waals surface area contributed by atoms with Gasteiger partial charge in [-0.3, -0.25) is 9.88 Å². The van der Waals surface area contributed by atoms with Gasteiger partial charge in [-0.15, -0.1) is 0 Å². The quantitative estimate of drug-likeness (QED) is 0.937.